The van der Waals surface area contributed by atoms with Crippen LogP contribution in [0.1, 0.15) is 16.8 Å². The maximum absolute atomic E-state index is 11.7. The zero-order valence-corrected chi connectivity index (χ0v) is 11.0. The van der Waals surface area contributed by atoms with Gasteiger partial charge in [-0.05, 0) is 28.7 Å². The first-order chi connectivity index (χ1) is 7.00. The number of carbonyl (C=O) groups excluding carboxylic acids is 1. The van der Waals surface area contributed by atoms with Gasteiger partial charge in [-0.25, -0.2) is 0 Å². The van der Waals surface area contributed by atoms with Gasteiger partial charge in [0.15, 0.2) is 0 Å². The van der Waals surface area contributed by atoms with E-state index < -0.39 is 5.97 Å². The van der Waals surface area contributed by atoms with E-state index in [0.29, 0.717) is 5.56 Å². The van der Waals surface area contributed by atoms with Gasteiger partial charge in [0.1, 0.15) is 0 Å². The molecule has 4 nitrogen and oxygen atoms in total. The molecule has 0 aliphatic carbocycles. The van der Waals surface area contributed by atoms with Crippen molar-refractivity contribution >= 4 is 45.8 Å². The van der Waals surface area contributed by atoms with E-state index in [9.17, 15) is 9.59 Å². The minimum atomic E-state index is -0.894. The van der Waals surface area contributed by atoms with E-state index >= 15 is 0 Å². The molecule has 1 N–H and O–H groups in total. The smallest absolute Gasteiger partial charge is 0.305 e. The first-order valence-corrected chi connectivity index (χ1v) is 6.18. The molecule has 0 bridgehead atoms. The van der Waals surface area contributed by atoms with E-state index in [1.165, 1.54) is 16.2 Å². The third kappa shape index (κ3) is 3.78. The second-order valence-corrected chi connectivity index (χ2v) is 5.82. The molecule has 0 saturated heterocycles. The van der Waals surface area contributed by atoms with Gasteiger partial charge in [-0.1, -0.05) is 0 Å². The van der Waals surface area contributed by atoms with Gasteiger partial charge in [-0.3, -0.25) is 9.59 Å². The first-order valence-electron chi connectivity index (χ1n) is 4.22. The number of amides is 1. The zero-order valence-electron chi connectivity index (χ0n) is 8.07. The molecule has 82 valence electrons. The Morgan fingerprint density at radius 3 is 2.73 bits per heavy atom. The molecule has 0 aliphatic heterocycles. The molecule has 0 aromatic carbocycles. The molecule has 0 unspecified atom stereocenters. The van der Waals surface area contributed by atoms with Crippen molar-refractivity contribution in [1.29, 1.82) is 0 Å². The molecule has 0 atom stereocenters. The average molecular weight is 339 g/mol. The number of aliphatic carboxylic acids is 1. The number of hydrogen-bond acceptors (Lipinski definition) is 3. The van der Waals surface area contributed by atoms with Crippen molar-refractivity contribution in [1.82, 2.24) is 4.90 Å². The second kappa shape index (κ2) is 5.45. The van der Waals surface area contributed by atoms with E-state index in [0.717, 1.165) is 2.88 Å². The maximum Gasteiger partial charge on any atom is 0.305 e. The Bertz CT molecular complexity index is 377. The molecule has 1 rings (SSSR count). The molecule has 0 fully saturated rings. The lowest BCUT2D eigenvalue weighted by atomic mass is 10.3. The number of carboxylic acids is 1. The number of hydrogen-bond donors (Lipinski definition) is 1. The van der Waals surface area contributed by atoms with Gasteiger partial charge >= 0.3 is 5.97 Å². The summed E-state index contributed by atoms with van der Waals surface area (Å²) in [6.45, 7) is 0.237. The van der Waals surface area contributed by atoms with Crippen LogP contribution in [0.5, 0.6) is 0 Å². The van der Waals surface area contributed by atoms with Gasteiger partial charge in [0.2, 0.25) is 0 Å². The second-order valence-electron chi connectivity index (χ2n) is 3.01. The van der Waals surface area contributed by atoms with E-state index in [-0.39, 0.29) is 18.9 Å². The third-order valence-electron chi connectivity index (χ3n) is 1.82. The number of carboxylic acid groups (broad SMARTS) is 1. The molecule has 1 aromatic rings. The quantitative estimate of drug-likeness (QED) is 0.853. The number of halogens is 1. The number of carbonyl (C=O) groups is 2. The van der Waals surface area contributed by atoms with Crippen LogP contribution in [0.2, 0.25) is 0 Å². The number of thiophene rings is 1. The topological polar surface area (TPSA) is 57.6 Å². The van der Waals surface area contributed by atoms with Crippen LogP contribution >= 0.6 is 33.9 Å². The molecular weight excluding hydrogens is 329 g/mol. The van der Waals surface area contributed by atoms with E-state index in [1.807, 2.05) is 0 Å². The van der Waals surface area contributed by atoms with Crippen molar-refractivity contribution in [3.8, 4) is 0 Å². The minimum Gasteiger partial charge on any atom is -0.481 e. The molecule has 15 heavy (non-hydrogen) atoms. The highest BCUT2D eigenvalue weighted by Crippen LogP contribution is 2.17. The minimum absolute atomic E-state index is 0.0243. The Morgan fingerprint density at radius 2 is 2.27 bits per heavy atom. The van der Waals surface area contributed by atoms with Crippen molar-refractivity contribution in [3.63, 3.8) is 0 Å². The van der Waals surface area contributed by atoms with Gasteiger partial charge in [0.05, 0.1) is 14.9 Å². The predicted octanol–water partition coefficient (Wildman–Crippen LogP) is 1.90. The van der Waals surface area contributed by atoms with Crippen LogP contribution in [0.15, 0.2) is 11.4 Å². The maximum atomic E-state index is 11.7. The van der Waals surface area contributed by atoms with Gasteiger partial charge in [-0.15, -0.1) is 11.3 Å². The normalized spacial score (nSPS) is 10.0. The Hall–Kier alpha value is -0.630. The molecule has 1 heterocycles. The van der Waals surface area contributed by atoms with Crippen LogP contribution < -0.4 is 0 Å². The largest absolute Gasteiger partial charge is 0.481 e. The van der Waals surface area contributed by atoms with Crippen LogP contribution in [-0.2, 0) is 4.79 Å². The summed E-state index contributed by atoms with van der Waals surface area (Å²) in [5.74, 6) is -1.02. The fraction of sp³-hybridized carbons (Fsp3) is 0.333. The number of nitrogens with zero attached hydrogens (tertiary/aromatic N) is 1. The summed E-state index contributed by atoms with van der Waals surface area (Å²) in [5, 5.41) is 10.3. The molecule has 1 amide bonds. The Labute approximate surface area is 105 Å². The van der Waals surface area contributed by atoms with E-state index in [2.05, 4.69) is 22.6 Å². The van der Waals surface area contributed by atoms with Crippen LogP contribution in [0, 0.1) is 2.88 Å². The highest BCUT2D eigenvalue weighted by Gasteiger charge is 2.13. The fourth-order valence-electron chi connectivity index (χ4n) is 1.01. The van der Waals surface area contributed by atoms with Gasteiger partial charge in [0, 0.05) is 19.0 Å². The standard InChI is InChI=1S/C9H10INO3S/c1-11(3-2-8(12)13)9(14)6-4-7(10)15-5-6/h4-5H,2-3H2,1H3,(H,12,13). The Balaban J connectivity index is 2.57. The summed E-state index contributed by atoms with van der Waals surface area (Å²) in [6, 6.07) is 1.80. The molecule has 0 spiro atoms. The lowest BCUT2D eigenvalue weighted by Gasteiger charge is -2.14. The summed E-state index contributed by atoms with van der Waals surface area (Å²) in [4.78, 5) is 23.5. The zero-order chi connectivity index (χ0) is 11.4. The SMILES string of the molecule is CN(CCC(=O)O)C(=O)c1csc(I)c1. The van der Waals surface area contributed by atoms with E-state index in [1.54, 1.807) is 18.5 Å². The van der Waals surface area contributed by atoms with Crippen molar-refractivity contribution in [2.24, 2.45) is 0 Å². The van der Waals surface area contributed by atoms with Gasteiger partial charge < -0.3 is 10.0 Å². The molecular formula is C9H10INO3S. The predicted molar refractivity (Wildman–Crippen MR) is 66.2 cm³/mol. The lowest BCUT2D eigenvalue weighted by molar-refractivity contribution is -0.137. The Kier molecular flexibility index (Phi) is 4.52. The van der Waals surface area contributed by atoms with Crippen LogP contribution in [0.3, 0.4) is 0 Å². The number of rotatable bonds is 4. The van der Waals surface area contributed by atoms with Gasteiger partial charge in [-0.2, -0.15) is 0 Å². The highest BCUT2D eigenvalue weighted by molar-refractivity contribution is 14.1. The van der Waals surface area contributed by atoms with Crippen LogP contribution in [-0.4, -0.2) is 35.5 Å². The van der Waals surface area contributed by atoms with Crippen LogP contribution in [0.4, 0.5) is 0 Å². The first kappa shape index (κ1) is 12.4. The Morgan fingerprint density at radius 1 is 1.60 bits per heavy atom. The molecule has 0 radical (unpaired) electrons. The summed E-state index contributed by atoms with van der Waals surface area (Å²) in [7, 11) is 1.61. The summed E-state index contributed by atoms with van der Waals surface area (Å²) >= 11 is 3.64. The van der Waals surface area contributed by atoms with Crippen molar-refractivity contribution < 1.29 is 14.7 Å². The molecule has 0 aliphatic rings. The fourth-order valence-corrected chi connectivity index (χ4v) is 2.33. The van der Waals surface area contributed by atoms with Crippen molar-refractivity contribution in [2.75, 3.05) is 13.6 Å². The van der Waals surface area contributed by atoms with Gasteiger partial charge in [0.25, 0.3) is 5.91 Å². The lowest BCUT2D eigenvalue weighted by Crippen LogP contribution is -2.28. The summed E-state index contributed by atoms with van der Waals surface area (Å²) in [6.07, 6.45) is -0.0243. The third-order valence-corrected chi connectivity index (χ3v) is 3.61. The highest BCUT2D eigenvalue weighted by atomic mass is 127. The average Bonchev–Trinajstić information content (AvgIpc) is 2.60. The van der Waals surface area contributed by atoms with E-state index in [4.69, 9.17) is 5.11 Å². The molecule has 1 aromatic heterocycles. The van der Waals surface area contributed by atoms with Crippen molar-refractivity contribution in [3.05, 3.63) is 19.9 Å². The van der Waals surface area contributed by atoms with Crippen molar-refractivity contribution in [2.45, 2.75) is 6.42 Å². The molecule has 0 saturated carbocycles. The molecule has 6 heteroatoms. The van der Waals surface area contributed by atoms with Crippen LogP contribution in [0.25, 0.3) is 0 Å². The summed E-state index contributed by atoms with van der Waals surface area (Å²) < 4.78 is 1.04. The monoisotopic (exact) mass is 339 g/mol. The summed E-state index contributed by atoms with van der Waals surface area (Å²) in [5.41, 5.74) is 0.622.